The van der Waals surface area contributed by atoms with Gasteiger partial charge >= 0.3 is 0 Å². The van der Waals surface area contributed by atoms with Crippen molar-refractivity contribution in [3.8, 4) is 0 Å². The SMILES string of the molecule is COCCOCCCC(=O)COC. The highest BCUT2D eigenvalue weighted by molar-refractivity contribution is 5.79. The Labute approximate surface area is 79.2 Å². The molecule has 78 valence electrons. The molecule has 0 aliphatic carbocycles. The molecule has 0 saturated carbocycles. The summed E-state index contributed by atoms with van der Waals surface area (Å²) < 4.78 is 14.7. The lowest BCUT2D eigenvalue weighted by Crippen LogP contribution is -2.09. The largest absolute Gasteiger partial charge is 0.382 e. The van der Waals surface area contributed by atoms with Crippen molar-refractivity contribution in [2.24, 2.45) is 0 Å². The van der Waals surface area contributed by atoms with Crippen LogP contribution in [0, 0.1) is 0 Å². The van der Waals surface area contributed by atoms with Crippen LogP contribution < -0.4 is 0 Å². The minimum Gasteiger partial charge on any atom is -0.382 e. The average molecular weight is 190 g/mol. The van der Waals surface area contributed by atoms with Gasteiger partial charge in [-0.05, 0) is 6.42 Å². The zero-order valence-corrected chi connectivity index (χ0v) is 8.38. The van der Waals surface area contributed by atoms with E-state index in [0.717, 1.165) is 6.42 Å². The molecule has 0 aromatic rings. The molecular formula is C9H18O4. The van der Waals surface area contributed by atoms with E-state index in [1.807, 2.05) is 0 Å². The van der Waals surface area contributed by atoms with E-state index in [1.165, 1.54) is 7.11 Å². The van der Waals surface area contributed by atoms with Crippen LogP contribution in [0.25, 0.3) is 0 Å². The number of rotatable bonds is 9. The average Bonchev–Trinajstić information content (AvgIpc) is 2.11. The number of hydrogen-bond acceptors (Lipinski definition) is 4. The molecule has 0 aliphatic heterocycles. The third-order valence-corrected chi connectivity index (χ3v) is 1.48. The number of carbonyl (C=O) groups is 1. The molecular weight excluding hydrogens is 172 g/mol. The van der Waals surface area contributed by atoms with Gasteiger partial charge in [0.25, 0.3) is 0 Å². The van der Waals surface area contributed by atoms with Crippen LogP contribution in [0.15, 0.2) is 0 Å². The summed E-state index contributed by atoms with van der Waals surface area (Å²) in [7, 11) is 3.15. The monoisotopic (exact) mass is 190 g/mol. The number of methoxy groups -OCH3 is 2. The van der Waals surface area contributed by atoms with Gasteiger partial charge in [0, 0.05) is 27.2 Å². The predicted octanol–water partition coefficient (Wildman–Crippen LogP) is 0.645. The molecule has 0 N–H and O–H groups in total. The molecule has 0 spiro atoms. The first kappa shape index (κ1) is 12.6. The molecule has 4 nitrogen and oxygen atoms in total. The Morgan fingerprint density at radius 2 is 1.85 bits per heavy atom. The van der Waals surface area contributed by atoms with E-state index < -0.39 is 0 Å². The molecule has 0 aromatic heterocycles. The van der Waals surface area contributed by atoms with Gasteiger partial charge in [0.05, 0.1) is 13.2 Å². The van der Waals surface area contributed by atoms with Crippen LogP contribution in [0.4, 0.5) is 0 Å². The molecule has 0 radical (unpaired) electrons. The van der Waals surface area contributed by atoms with Crippen molar-refractivity contribution in [3.63, 3.8) is 0 Å². The normalized spacial score (nSPS) is 10.3. The second kappa shape index (κ2) is 9.64. The van der Waals surface area contributed by atoms with Gasteiger partial charge in [0.15, 0.2) is 5.78 Å². The summed E-state index contributed by atoms with van der Waals surface area (Å²) in [6, 6.07) is 0. The topological polar surface area (TPSA) is 44.8 Å². The summed E-state index contributed by atoms with van der Waals surface area (Å²) in [5, 5.41) is 0. The molecule has 13 heavy (non-hydrogen) atoms. The highest BCUT2D eigenvalue weighted by atomic mass is 16.5. The predicted molar refractivity (Wildman–Crippen MR) is 48.8 cm³/mol. The number of Topliss-reactive ketones (excluding diaryl/α,β-unsaturated/α-hetero) is 1. The van der Waals surface area contributed by atoms with Gasteiger partial charge in [0.1, 0.15) is 6.61 Å². The van der Waals surface area contributed by atoms with Gasteiger partial charge in [-0.3, -0.25) is 4.79 Å². The van der Waals surface area contributed by atoms with Crippen molar-refractivity contribution in [3.05, 3.63) is 0 Å². The number of ketones is 1. The summed E-state index contributed by atoms with van der Waals surface area (Å²) in [5.74, 6) is 0.123. The fourth-order valence-electron chi connectivity index (χ4n) is 0.849. The van der Waals surface area contributed by atoms with E-state index in [1.54, 1.807) is 7.11 Å². The maximum Gasteiger partial charge on any atom is 0.158 e. The highest BCUT2D eigenvalue weighted by Crippen LogP contribution is 1.92. The fraction of sp³-hybridized carbons (Fsp3) is 0.889. The smallest absolute Gasteiger partial charge is 0.158 e. The van der Waals surface area contributed by atoms with Crippen LogP contribution in [-0.2, 0) is 19.0 Å². The minimum absolute atomic E-state index is 0.123. The van der Waals surface area contributed by atoms with Gasteiger partial charge in [-0.2, -0.15) is 0 Å². The molecule has 0 amide bonds. The van der Waals surface area contributed by atoms with Gasteiger partial charge in [-0.15, -0.1) is 0 Å². The van der Waals surface area contributed by atoms with Gasteiger partial charge in [0.2, 0.25) is 0 Å². The van der Waals surface area contributed by atoms with Crippen molar-refractivity contribution < 1.29 is 19.0 Å². The molecule has 0 saturated heterocycles. The van der Waals surface area contributed by atoms with Crippen molar-refractivity contribution in [2.45, 2.75) is 12.8 Å². The summed E-state index contributed by atoms with van der Waals surface area (Å²) in [6.45, 7) is 2.01. The van der Waals surface area contributed by atoms with E-state index in [4.69, 9.17) is 9.47 Å². The second-order valence-corrected chi connectivity index (χ2v) is 2.68. The van der Waals surface area contributed by atoms with Crippen molar-refractivity contribution in [2.75, 3.05) is 40.6 Å². The van der Waals surface area contributed by atoms with Crippen LogP contribution in [0.3, 0.4) is 0 Å². The van der Waals surface area contributed by atoms with Crippen LogP contribution >= 0.6 is 0 Å². The third kappa shape index (κ3) is 9.46. The van der Waals surface area contributed by atoms with Gasteiger partial charge in [-0.25, -0.2) is 0 Å². The van der Waals surface area contributed by atoms with E-state index >= 15 is 0 Å². The summed E-state index contributed by atoms with van der Waals surface area (Å²) in [6.07, 6.45) is 1.28. The summed E-state index contributed by atoms with van der Waals surface area (Å²) in [5.41, 5.74) is 0. The van der Waals surface area contributed by atoms with Crippen molar-refractivity contribution in [1.29, 1.82) is 0 Å². The molecule has 0 unspecified atom stereocenters. The van der Waals surface area contributed by atoms with Crippen LogP contribution in [0.2, 0.25) is 0 Å². The summed E-state index contributed by atoms with van der Waals surface area (Å²) >= 11 is 0. The third-order valence-electron chi connectivity index (χ3n) is 1.48. The summed E-state index contributed by atoms with van der Waals surface area (Å²) in [4.78, 5) is 10.9. The standard InChI is InChI=1S/C9H18O4/c1-11-6-7-13-5-3-4-9(10)8-12-2/h3-8H2,1-2H3. The van der Waals surface area contributed by atoms with E-state index in [-0.39, 0.29) is 12.4 Å². The molecule has 0 bridgehead atoms. The zero-order chi connectivity index (χ0) is 9.94. The first-order valence-electron chi connectivity index (χ1n) is 4.38. The van der Waals surface area contributed by atoms with E-state index in [9.17, 15) is 4.79 Å². The molecule has 4 heteroatoms. The van der Waals surface area contributed by atoms with Crippen LogP contribution in [0.5, 0.6) is 0 Å². The Balaban J connectivity index is 3.02. The first-order valence-corrected chi connectivity index (χ1v) is 4.38. The molecule has 0 rings (SSSR count). The second-order valence-electron chi connectivity index (χ2n) is 2.68. The maximum absolute atomic E-state index is 10.9. The van der Waals surface area contributed by atoms with Crippen molar-refractivity contribution in [1.82, 2.24) is 0 Å². The van der Waals surface area contributed by atoms with E-state index in [2.05, 4.69) is 4.74 Å². The Morgan fingerprint density at radius 1 is 1.08 bits per heavy atom. The number of carbonyl (C=O) groups excluding carboxylic acids is 1. The van der Waals surface area contributed by atoms with Gasteiger partial charge < -0.3 is 14.2 Å². The Hall–Kier alpha value is -0.450. The molecule has 0 aromatic carbocycles. The zero-order valence-electron chi connectivity index (χ0n) is 8.38. The number of hydrogen-bond donors (Lipinski definition) is 0. The molecule has 0 heterocycles. The molecule has 0 aliphatic rings. The lowest BCUT2D eigenvalue weighted by molar-refractivity contribution is -0.123. The van der Waals surface area contributed by atoms with Gasteiger partial charge in [-0.1, -0.05) is 0 Å². The van der Waals surface area contributed by atoms with Crippen molar-refractivity contribution >= 4 is 5.78 Å². The van der Waals surface area contributed by atoms with Crippen LogP contribution in [0.1, 0.15) is 12.8 Å². The lowest BCUT2D eigenvalue weighted by Gasteiger charge is -2.02. The quantitative estimate of drug-likeness (QED) is 0.501. The molecule has 0 fully saturated rings. The number of ether oxygens (including phenoxy) is 3. The Kier molecular flexibility index (Phi) is 9.30. The Morgan fingerprint density at radius 3 is 2.46 bits per heavy atom. The van der Waals surface area contributed by atoms with E-state index in [0.29, 0.717) is 26.2 Å². The fourth-order valence-corrected chi connectivity index (χ4v) is 0.849. The highest BCUT2D eigenvalue weighted by Gasteiger charge is 1.99. The molecule has 0 atom stereocenters. The Bertz CT molecular complexity index is 125. The maximum atomic E-state index is 10.9. The lowest BCUT2D eigenvalue weighted by atomic mass is 10.2. The van der Waals surface area contributed by atoms with Crippen LogP contribution in [-0.4, -0.2) is 46.4 Å². The minimum atomic E-state index is 0.123. The first-order chi connectivity index (χ1) is 6.31.